The van der Waals surface area contributed by atoms with Gasteiger partial charge in [-0.2, -0.15) is 4.98 Å². The number of nitrogens with zero attached hydrogens (tertiary/aromatic N) is 5. The summed E-state index contributed by atoms with van der Waals surface area (Å²) in [6.45, 7) is 8.95. The summed E-state index contributed by atoms with van der Waals surface area (Å²) in [5.41, 5.74) is 2.53. The molecule has 4 rings (SSSR count). The van der Waals surface area contributed by atoms with Crippen LogP contribution < -0.4 is 11.2 Å². The van der Waals surface area contributed by atoms with Crippen molar-refractivity contribution in [3.05, 3.63) is 68.1 Å². The predicted molar refractivity (Wildman–Crippen MR) is 115 cm³/mol. The van der Waals surface area contributed by atoms with E-state index >= 15 is 0 Å². The smallest absolute Gasteiger partial charge is 0.307 e. The minimum Gasteiger partial charge on any atom is -0.307 e. The number of imidazole rings is 2. The van der Waals surface area contributed by atoms with E-state index in [0.717, 1.165) is 21.5 Å². The molecule has 4 aromatic rings. The van der Waals surface area contributed by atoms with Gasteiger partial charge in [0.1, 0.15) is 0 Å². The molecule has 3 aromatic heterocycles. The molecule has 0 N–H and O–H groups in total. The molecule has 0 aliphatic rings. The largest absolute Gasteiger partial charge is 0.333 e. The zero-order valence-electron chi connectivity index (χ0n) is 18.0. The average molecular weight is 407 g/mol. The Balaban J connectivity index is 2.13. The number of carbonyl (C=O) groups is 1. The van der Waals surface area contributed by atoms with E-state index in [-0.39, 0.29) is 11.8 Å². The Morgan fingerprint density at radius 3 is 2.23 bits per heavy atom. The Bertz CT molecular complexity index is 1420. The zero-order valence-corrected chi connectivity index (χ0v) is 18.0. The molecular weight excluding hydrogens is 382 g/mol. The van der Waals surface area contributed by atoms with Crippen molar-refractivity contribution in [2.75, 3.05) is 0 Å². The molecule has 0 amide bonds. The lowest BCUT2D eigenvalue weighted by molar-refractivity contribution is -0.119. The van der Waals surface area contributed by atoms with Crippen LogP contribution in [0.2, 0.25) is 0 Å². The summed E-state index contributed by atoms with van der Waals surface area (Å²) in [5, 5.41) is 0. The molecule has 0 spiro atoms. The topological polar surface area (TPSA) is 83.3 Å². The van der Waals surface area contributed by atoms with Gasteiger partial charge in [-0.25, -0.2) is 9.36 Å². The third-order valence-corrected chi connectivity index (χ3v) is 6.15. The molecular formula is C22H25N5O3. The Morgan fingerprint density at radius 1 is 1.00 bits per heavy atom. The van der Waals surface area contributed by atoms with Crippen molar-refractivity contribution >= 4 is 22.7 Å². The molecule has 0 saturated carbocycles. The molecule has 0 saturated heterocycles. The normalized spacial score (nSPS) is 13.8. The van der Waals surface area contributed by atoms with Crippen LogP contribution in [-0.2, 0) is 11.8 Å². The number of carbonyl (C=O) groups excluding carboxylic acids is 1. The van der Waals surface area contributed by atoms with Crippen molar-refractivity contribution in [1.82, 2.24) is 23.1 Å². The van der Waals surface area contributed by atoms with Gasteiger partial charge in [0.2, 0.25) is 5.78 Å². The Morgan fingerprint density at radius 2 is 1.63 bits per heavy atom. The summed E-state index contributed by atoms with van der Waals surface area (Å²) in [6, 6.07) is 9.18. The molecule has 0 radical (unpaired) electrons. The lowest BCUT2D eigenvalue weighted by Crippen LogP contribution is -2.42. The zero-order chi connectivity index (χ0) is 21.9. The van der Waals surface area contributed by atoms with Crippen LogP contribution in [0.3, 0.4) is 0 Å². The Kier molecular flexibility index (Phi) is 4.52. The SMILES string of the molecule is CC(=O)[C@@H](C)n1c(=O)c2c(nc3n([C@H](C)c4ccccc4)c(C)c(C)n23)n(C)c1=O. The van der Waals surface area contributed by atoms with Crippen LogP contribution in [0, 0.1) is 13.8 Å². The van der Waals surface area contributed by atoms with Gasteiger partial charge in [-0.15, -0.1) is 0 Å². The molecule has 8 nitrogen and oxygen atoms in total. The maximum absolute atomic E-state index is 13.4. The van der Waals surface area contributed by atoms with E-state index in [1.807, 2.05) is 32.0 Å². The molecule has 3 heterocycles. The van der Waals surface area contributed by atoms with Gasteiger partial charge in [-0.05, 0) is 40.2 Å². The van der Waals surface area contributed by atoms with Gasteiger partial charge in [0.05, 0.1) is 12.1 Å². The summed E-state index contributed by atoms with van der Waals surface area (Å²) in [4.78, 5) is 42.9. The van der Waals surface area contributed by atoms with Crippen LogP contribution in [0.5, 0.6) is 0 Å². The summed E-state index contributed by atoms with van der Waals surface area (Å²) in [7, 11) is 1.58. The molecule has 156 valence electrons. The van der Waals surface area contributed by atoms with E-state index < -0.39 is 17.3 Å². The van der Waals surface area contributed by atoms with Crippen molar-refractivity contribution in [3.63, 3.8) is 0 Å². The van der Waals surface area contributed by atoms with Crippen LogP contribution in [0.4, 0.5) is 0 Å². The lowest BCUT2D eigenvalue weighted by atomic mass is 10.1. The number of aromatic nitrogens is 5. The van der Waals surface area contributed by atoms with Crippen molar-refractivity contribution < 1.29 is 4.79 Å². The monoisotopic (exact) mass is 407 g/mol. The molecule has 8 heteroatoms. The third kappa shape index (κ3) is 2.59. The van der Waals surface area contributed by atoms with Crippen LogP contribution in [-0.4, -0.2) is 28.9 Å². The highest BCUT2D eigenvalue weighted by Crippen LogP contribution is 2.28. The van der Waals surface area contributed by atoms with Gasteiger partial charge >= 0.3 is 5.69 Å². The van der Waals surface area contributed by atoms with E-state index in [2.05, 4.69) is 23.6 Å². The second-order valence-electron chi connectivity index (χ2n) is 7.85. The summed E-state index contributed by atoms with van der Waals surface area (Å²) >= 11 is 0. The van der Waals surface area contributed by atoms with E-state index in [4.69, 9.17) is 4.98 Å². The van der Waals surface area contributed by atoms with Crippen molar-refractivity contribution in [3.8, 4) is 0 Å². The molecule has 1 aromatic carbocycles. The van der Waals surface area contributed by atoms with Gasteiger partial charge in [0, 0.05) is 18.4 Å². The van der Waals surface area contributed by atoms with Crippen LogP contribution in [0.1, 0.15) is 49.8 Å². The van der Waals surface area contributed by atoms with E-state index in [0.29, 0.717) is 16.9 Å². The number of benzene rings is 1. The maximum atomic E-state index is 13.4. The second kappa shape index (κ2) is 6.83. The van der Waals surface area contributed by atoms with Crippen LogP contribution in [0.15, 0.2) is 39.9 Å². The molecule has 0 bridgehead atoms. The molecule has 0 unspecified atom stereocenters. The van der Waals surface area contributed by atoms with Crippen LogP contribution in [0.25, 0.3) is 16.9 Å². The van der Waals surface area contributed by atoms with Crippen molar-refractivity contribution in [2.24, 2.45) is 7.05 Å². The quantitative estimate of drug-likeness (QED) is 0.520. The fraction of sp³-hybridized carbons (Fsp3) is 0.364. The Hall–Kier alpha value is -3.42. The fourth-order valence-electron chi connectivity index (χ4n) is 4.11. The number of hydrogen-bond donors (Lipinski definition) is 0. The minimum absolute atomic E-state index is 0.0189. The lowest BCUT2D eigenvalue weighted by Gasteiger charge is -2.16. The molecule has 2 atom stereocenters. The summed E-state index contributed by atoms with van der Waals surface area (Å²) in [6.07, 6.45) is 0. The first-order chi connectivity index (χ1) is 14.2. The summed E-state index contributed by atoms with van der Waals surface area (Å²) < 4.78 is 6.24. The van der Waals surface area contributed by atoms with Gasteiger partial charge in [0.15, 0.2) is 16.9 Å². The van der Waals surface area contributed by atoms with Gasteiger partial charge in [0.25, 0.3) is 5.56 Å². The number of ketones is 1. The highest BCUT2D eigenvalue weighted by Gasteiger charge is 2.26. The number of fused-ring (bicyclic) bond motifs is 3. The third-order valence-electron chi connectivity index (χ3n) is 6.15. The summed E-state index contributed by atoms with van der Waals surface area (Å²) in [5.74, 6) is 0.342. The number of Topliss-reactive ketones (excluding diaryl/α,β-unsaturated/α-hetero) is 1. The first kappa shape index (κ1) is 19.9. The van der Waals surface area contributed by atoms with E-state index in [1.165, 1.54) is 11.5 Å². The van der Waals surface area contributed by atoms with Gasteiger partial charge < -0.3 is 4.57 Å². The number of hydrogen-bond acceptors (Lipinski definition) is 4. The maximum Gasteiger partial charge on any atom is 0.333 e. The number of aryl methyl sites for hydroxylation is 2. The predicted octanol–water partition coefficient (Wildman–Crippen LogP) is 2.53. The fourth-order valence-corrected chi connectivity index (χ4v) is 4.11. The van der Waals surface area contributed by atoms with Crippen LogP contribution >= 0.6 is 0 Å². The minimum atomic E-state index is -0.849. The second-order valence-corrected chi connectivity index (χ2v) is 7.85. The molecule has 0 aliphatic carbocycles. The first-order valence-electron chi connectivity index (χ1n) is 9.93. The van der Waals surface area contributed by atoms with Gasteiger partial charge in [-0.1, -0.05) is 30.3 Å². The number of rotatable bonds is 4. The van der Waals surface area contributed by atoms with Gasteiger partial charge in [-0.3, -0.25) is 18.6 Å². The van der Waals surface area contributed by atoms with Crippen molar-refractivity contribution in [1.29, 1.82) is 0 Å². The molecule has 30 heavy (non-hydrogen) atoms. The standard InChI is InChI=1S/C22H25N5O3/c1-12-13(2)26-18-19(24(6)22(30)27(20(18)29)14(3)16(5)28)23-21(26)25(12)15(4)17-10-8-7-9-11-17/h7-11,14-15H,1-6H3/t14-,15-/m1/s1. The Labute approximate surface area is 173 Å². The van der Waals surface area contributed by atoms with E-state index in [1.54, 1.807) is 18.4 Å². The highest BCUT2D eigenvalue weighted by atomic mass is 16.2. The van der Waals surface area contributed by atoms with E-state index in [9.17, 15) is 14.4 Å². The molecule has 0 fully saturated rings. The molecule has 0 aliphatic heterocycles. The highest BCUT2D eigenvalue weighted by molar-refractivity contribution is 5.81. The van der Waals surface area contributed by atoms with Crippen molar-refractivity contribution in [2.45, 2.75) is 46.7 Å². The average Bonchev–Trinajstić information content (AvgIpc) is 3.22. The first-order valence-corrected chi connectivity index (χ1v) is 9.93.